The number of thiophene rings is 1. The van der Waals surface area contributed by atoms with E-state index in [1.165, 1.54) is 0 Å². The molecule has 2 heterocycles. The normalized spacial score (nSPS) is 14.1. The zero-order chi connectivity index (χ0) is 13.3. The SMILES string of the molecule is CCOC(c1nc(Cl)c2ccsc2n1)C(C)(C)C. The van der Waals surface area contributed by atoms with Gasteiger partial charge in [0, 0.05) is 12.0 Å². The molecule has 18 heavy (non-hydrogen) atoms. The Morgan fingerprint density at radius 1 is 1.39 bits per heavy atom. The third-order valence-corrected chi connectivity index (χ3v) is 3.74. The highest BCUT2D eigenvalue weighted by atomic mass is 35.5. The third-order valence-electron chi connectivity index (χ3n) is 2.65. The first-order valence-electron chi connectivity index (χ1n) is 5.95. The summed E-state index contributed by atoms with van der Waals surface area (Å²) >= 11 is 7.77. The second kappa shape index (κ2) is 5.11. The molecule has 1 unspecified atom stereocenters. The van der Waals surface area contributed by atoms with Gasteiger partial charge in [0.2, 0.25) is 0 Å². The standard InChI is InChI=1S/C13H17ClN2OS/c1-5-17-9(13(2,3)4)11-15-10(14)8-6-7-18-12(8)16-11/h6-7,9H,5H2,1-4H3. The predicted octanol–water partition coefficient (Wildman–Crippen LogP) is 4.47. The molecule has 0 saturated heterocycles. The Labute approximate surface area is 116 Å². The summed E-state index contributed by atoms with van der Waals surface area (Å²) < 4.78 is 5.79. The van der Waals surface area contributed by atoms with Gasteiger partial charge in [0.15, 0.2) is 5.82 Å². The minimum atomic E-state index is -0.147. The number of ether oxygens (including phenoxy) is 1. The number of rotatable bonds is 3. The molecule has 98 valence electrons. The highest BCUT2D eigenvalue weighted by Crippen LogP contribution is 2.36. The molecule has 0 aliphatic rings. The summed E-state index contributed by atoms with van der Waals surface area (Å²) in [5.74, 6) is 0.671. The minimum absolute atomic E-state index is 0.0652. The van der Waals surface area contributed by atoms with Crippen molar-refractivity contribution in [1.82, 2.24) is 9.97 Å². The van der Waals surface area contributed by atoms with Crippen molar-refractivity contribution < 1.29 is 4.74 Å². The van der Waals surface area contributed by atoms with E-state index in [1.54, 1.807) is 11.3 Å². The Bertz CT molecular complexity index is 547. The van der Waals surface area contributed by atoms with Crippen LogP contribution in [0.2, 0.25) is 5.15 Å². The molecule has 2 rings (SSSR count). The number of nitrogens with zero attached hydrogens (tertiary/aromatic N) is 2. The number of aromatic nitrogens is 2. The van der Waals surface area contributed by atoms with Crippen molar-refractivity contribution >= 4 is 33.2 Å². The van der Waals surface area contributed by atoms with Gasteiger partial charge in [0.05, 0.1) is 0 Å². The molecule has 2 aromatic heterocycles. The summed E-state index contributed by atoms with van der Waals surface area (Å²) in [5.41, 5.74) is -0.0652. The Morgan fingerprint density at radius 2 is 2.11 bits per heavy atom. The van der Waals surface area contributed by atoms with Crippen LogP contribution in [0.15, 0.2) is 11.4 Å². The maximum Gasteiger partial charge on any atom is 0.161 e. The lowest BCUT2D eigenvalue weighted by Gasteiger charge is -2.29. The van der Waals surface area contributed by atoms with Crippen molar-refractivity contribution in [3.05, 3.63) is 22.4 Å². The van der Waals surface area contributed by atoms with Crippen LogP contribution in [0.25, 0.3) is 10.2 Å². The van der Waals surface area contributed by atoms with Crippen LogP contribution in [0.3, 0.4) is 0 Å². The van der Waals surface area contributed by atoms with E-state index in [0.717, 1.165) is 10.2 Å². The molecule has 0 aliphatic carbocycles. The molecule has 0 saturated carbocycles. The maximum absolute atomic E-state index is 6.20. The van der Waals surface area contributed by atoms with E-state index in [4.69, 9.17) is 16.3 Å². The van der Waals surface area contributed by atoms with E-state index in [2.05, 4.69) is 30.7 Å². The van der Waals surface area contributed by atoms with Gasteiger partial charge in [0.1, 0.15) is 16.1 Å². The summed E-state index contributed by atoms with van der Waals surface area (Å²) in [7, 11) is 0. The van der Waals surface area contributed by atoms with Crippen LogP contribution < -0.4 is 0 Å². The lowest BCUT2D eigenvalue weighted by atomic mass is 9.88. The first kappa shape index (κ1) is 13.7. The van der Waals surface area contributed by atoms with Crippen LogP contribution in [0, 0.1) is 5.41 Å². The fourth-order valence-electron chi connectivity index (χ4n) is 1.83. The molecular weight excluding hydrogens is 268 g/mol. The third kappa shape index (κ3) is 2.66. The average molecular weight is 285 g/mol. The first-order valence-corrected chi connectivity index (χ1v) is 7.21. The lowest BCUT2D eigenvalue weighted by molar-refractivity contribution is -0.0188. The summed E-state index contributed by atoms with van der Waals surface area (Å²) in [6, 6.07) is 1.94. The van der Waals surface area contributed by atoms with Gasteiger partial charge in [-0.15, -0.1) is 11.3 Å². The summed E-state index contributed by atoms with van der Waals surface area (Å²) in [4.78, 5) is 9.89. The predicted molar refractivity (Wildman–Crippen MR) is 76.2 cm³/mol. The Balaban J connectivity index is 2.50. The van der Waals surface area contributed by atoms with Crippen molar-refractivity contribution in [2.45, 2.75) is 33.8 Å². The van der Waals surface area contributed by atoms with Crippen molar-refractivity contribution in [3.63, 3.8) is 0 Å². The molecule has 0 fully saturated rings. The van der Waals surface area contributed by atoms with E-state index < -0.39 is 0 Å². The highest BCUT2D eigenvalue weighted by Gasteiger charge is 2.30. The Hall–Kier alpha value is -0.710. The Morgan fingerprint density at radius 3 is 2.72 bits per heavy atom. The van der Waals surface area contributed by atoms with Crippen molar-refractivity contribution in [2.24, 2.45) is 5.41 Å². The largest absolute Gasteiger partial charge is 0.370 e. The molecule has 0 spiro atoms. The van der Waals surface area contributed by atoms with Gasteiger partial charge in [-0.05, 0) is 23.8 Å². The minimum Gasteiger partial charge on any atom is -0.370 e. The summed E-state index contributed by atoms with van der Waals surface area (Å²) in [6.07, 6.45) is -0.147. The molecule has 3 nitrogen and oxygen atoms in total. The summed E-state index contributed by atoms with van der Waals surface area (Å²) in [5, 5.41) is 3.39. The molecule has 2 aromatic rings. The number of halogens is 1. The second-order valence-electron chi connectivity index (χ2n) is 5.21. The maximum atomic E-state index is 6.20. The van der Waals surface area contributed by atoms with Gasteiger partial charge in [-0.25, -0.2) is 9.97 Å². The number of hydrogen-bond donors (Lipinski definition) is 0. The van der Waals surface area contributed by atoms with Crippen LogP contribution >= 0.6 is 22.9 Å². The van der Waals surface area contributed by atoms with Gasteiger partial charge in [-0.2, -0.15) is 0 Å². The molecule has 1 atom stereocenters. The molecule has 0 N–H and O–H groups in total. The van der Waals surface area contributed by atoms with E-state index in [9.17, 15) is 0 Å². The van der Waals surface area contributed by atoms with E-state index in [1.807, 2.05) is 18.4 Å². The van der Waals surface area contributed by atoms with Gasteiger partial charge in [0.25, 0.3) is 0 Å². The average Bonchev–Trinajstić information content (AvgIpc) is 2.72. The fourth-order valence-corrected chi connectivity index (χ4v) is 2.90. The van der Waals surface area contributed by atoms with Crippen molar-refractivity contribution in [1.29, 1.82) is 0 Å². The Kier molecular flexibility index (Phi) is 3.90. The molecule has 0 bridgehead atoms. The first-order chi connectivity index (χ1) is 8.43. The lowest BCUT2D eigenvalue weighted by Crippen LogP contribution is -2.23. The van der Waals surface area contributed by atoms with E-state index >= 15 is 0 Å². The zero-order valence-corrected chi connectivity index (χ0v) is 12.6. The van der Waals surface area contributed by atoms with Gasteiger partial charge in [-0.3, -0.25) is 0 Å². The topological polar surface area (TPSA) is 35.0 Å². The molecule has 5 heteroatoms. The van der Waals surface area contributed by atoms with Crippen LogP contribution in [0.5, 0.6) is 0 Å². The number of hydrogen-bond acceptors (Lipinski definition) is 4. The summed E-state index contributed by atoms with van der Waals surface area (Å²) in [6.45, 7) is 8.95. The van der Waals surface area contributed by atoms with Crippen molar-refractivity contribution in [3.8, 4) is 0 Å². The monoisotopic (exact) mass is 284 g/mol. The quantitative estimate of drug-likeness (QED) is 0.780. The van der Waals surface area contributed by atoms with Gasteiger partial charge >= 0.3 is 0 Å². The molecule has 0 aromatic carbocycles. The van der Waals surface area contributed by atoms with Crippen LogP contribution in [-0.2, 0) is 4.74 Å². The smallest absolute Gasteiger partial charge is 0.161 e. The molecule has 0 radical (unpaired) electrons. The van der Waals surface area contributed by atoms with Gasteiger partial charge < -0.3 is 4.74 Å². The second-order valence-corrected chi connectivity index (χ2v) is 6.47. The van der Waals surface area contributed by atoms with Gasteiger partial charge in [-0.1, -0.05) is 32.4 Å². The van der Waals surface area contributed by atoms with Crippen LogP contribution in [-0.4, -0.2) is 16.6 Å². The van der Waals surface area contributed by atoms with Crippen LogP contribution in [0.1, 0.15) is 39.6 Å². The molecular formula is C13H17ClN2OS. The van der Waals surface area contributed by atoms with Crippen LogP contribution in [0.4, 0.5) is 0 Å². The highest BCUT2D eigenvalue weighted by molar-refractivity contribution is 7.16. The fraction of sp³-hybridized carbons (Fsp3) is 0.538. The van der Waals surface area contributed by atoms with Crippen molar-refractivity contribution in [2.75, 3.05) is 6.61 Å². The molecule has 0 amide bonds. The number of fused-ring (bicyclic) bond motifs is 1. The van der Waals surface area contributed by atoms with E-state index in [-0.39, 0.29) is 11.5 Å². The zero-order valence-electron chi connectivity index (χ0n) is 11.0. The molecule has 0 aliphatic heterocycles. The van der Waals surface area contributed by atoms with E-state index in [0.29, 0.717) is 17.6 Å².